The molecule has 0 aromatic carbocycles. The Morgan fingerprint density at radius 1 is 0.586 bits per heavy atom. The van der Waals surface area contributed by atoms with Gasteiger partial charge in [-0.05, 0) is 91.0 Å². The fourth-order valence-electron chi connectivity index (χ4n) is 10.3. The molecule has 70 heavy (non-hydrogen) atoms. The molecular formula is C42H62N22O6. The van der Waals surface area contributed by atoms with Crippen molar-refractivity contribution in [3.8, 4) is 0 Å². The molecule has 0 radical (unpaired) electrons. The zero-order valence-corrected chi connectivity index (χ0v) is 40.1. The Hall–Kier alpha value is -5.88. The minimum atomic E-state index is -1.33. The zero-order chi connectivity index (χ0) is 48.5. The molecule has 0 unspecified atom stereocenters. The van der Waals surface area contributed by atoms with Gasteiger partial charge in [0.2, 0.25) is 23.5 Å². The minimum absolute atomic E-state index is 0.0376. The number of ether oxygens (including phenoxy) is 2. The first-order valence-corrected chi connectivity index (χ1v) is 24.3. The van der Waals surface area contributed by atoms with Gasteiger partial charge >= 0.3 is 0 Å². The molecule has 0 bridgehead atoms. The van der Waals surface area contributed by atoms with Crippen molar-refractivity contribution in [1.82, 2.24) is 89.3 Å². The van der Waals surface area contributed by atoms with E-state index in [0.29, 0.717) is 71.0 Å². The number of anilines is 4. The highest BCUT2D eigenvalue weighted by Crippen LogP contribution is 2.42. The van der Waals surface area contributed by atoms with E-state index in [9.17, 15) is 20.4 Å². The summed E-state index contributed by atoms with van der Waals surface area (Å²) in [6.45, 7) is 7.76. The van der Waals surface area contributed by atoms with Crippen molar-refractivity contribution in [3.05, 3.63) is 24.3 Å². The molecule has 4 saturated heterocycles. The summed E-state index contributed by atoms with van der Waals surface area (Å²) in [4.78, 5) is 41.3. The highest BCUT2D eigenvalue weighted by Gasteiger charge is 2.49. The number of imidazole rings is 2. The number of aliphatic hydroxyl groups is 4. The first kappa shape index (κ1) is 46.5. The van der Waals surface area contributed by atoms with E-state index < -0.39 is 49.1 Å². The lowest BCUT2D eigenvalue weighted by Crippen LogP contribution is -2.34. The van der Waals surface area contributed by atoms with Gasteiger partial charge in [-0.1, -0.05) is 0 Å². The maximum Gasteiger partial charge on any atom is 0.229 e. The Morgan fingerprint density at radius 3 is 1.36 bits per heavy atom. The number of aromatic nitrogens is 16. The van der Waals surface area contributed by atoms with Crippen LogP contribution < -0.4 is 20.4 Å². The zero-order valence-electron chi connectivity index (χ0n) is 40.1. The fourth-order valence-corrected chi connectivity index (χ4v) is 10.3. The van der Waals surface area contributed by atoms with Crippen molar-refractivity contribution in [2.45, 2.75) is 139 Å². The number of hydrogen-bond donors (Lipinski definition) is 6. The number of tetrazole rings is 2. The molecule has 10 heterocycles. The standard InChI is InChI=1S/C42H62N22O6/c1-7-63-53-35(51-55-63)31-27(65)29(67)39(69-31)61-19-43-25-33(47-41(49-37(25)61)59-15-13-23(17-59)57(3)4)45-21-9-11-22(12-10-21)46-34-26-38(50-42(48-34)60-16-14-24(18-60)58(5)6)62(20-44-26)40-30(68)28(66)32(70-40)36-52-56-64(8-2)54-36/h19-24,27-32,39-40,65-68H,7-18H2,1-6H3,(H,45,47,49)(H,46,48,50)/t21?,22?,23-,24-,27+,28+,29-,30-,31+,32+,39-,40-/m1/s1. The Kier molecular flexibility index (Phi) is 12.4. The predicted octanol–water partition coefficient (Wildman–Crippen LogP) is -0.922. The maximum absolute atomic E-state index is 11.4. The van der Waals surface area contributed by atoms with E-state index in [0.717, 1.165) is 64.7 Å². The Morgan fingerprint density at radius 2 is 1.00 bits per heavy atom. The van der Waals surface area contributed by atoms with Crippen molar-refractivity contribution in [3.63, 3.8) is 0 Å². The maximum atomic E-state index is 11.4. The second-order valence-corrected chi connectivity index (χ2v) is 19.5. The number of rotatable bonds is 14. The summed E-state index contributed by atoms with van der Waals surface area (Å²) < 4.78 is 15.8. The van der Waals surface area contributed by atoms with Crippen molar-refractivity contribution >= 4 is 45.9 Å². The summed E-state index contributed by atoms with van der Waals surface area (Å²) in [7, 11) is 8.30. The van der Waals surface area contributed by atoms with Crippen molar-refractivity contribution < 1.29 is 29.9 Å². The van der Waals surface area contributed by atoms with E-state index in [-0.39, 0.29) is 23.7 Å². The normalized spacial score (nSPS) is 30.6. The molecule has 5 fully saturated rings. The third-order valence-corrected chi connectivity index (χ3v) is 14.6. The van der Waals surface area contributed by atoms with E-state index in [4.69, 9.17) is 39.4 Å². The molecule has 10 atom stereocenters. The van der Waals surface area contributed by atoms with Crippen LogP contribution in [0.5, 0.6) is 0 Å². The van der Waals surface area contributed by atoms with E-state index in [2.05, 4.69) is 89.2 Å². The molecule has 376 valence electrons. The summed E-state index contributed by atoms with van der Waals surface area (Å²) in [6.07, 6.45) is -1.17. The number of nitrogens with zero attached hydrogens (tertiary/aromatic N) is 20. The van der Waals surface area contributed by atoms with E-state index in [1.165, 1.54) is 9.59 Å². The monoisotopic (exact) mass is 971 g/mol. The van der Waals surface area contributed by atoms with Crippen LogP contribution in [-0.2, 0) is 22.6 Å². The second kappa shape index (κ2) is 18.7. The summed E-state index contributed by atoms with van der Waals surface area (Å²) in [6, 6.07) is 0.732. The lowest BCUT2D eigenvalue weighted by molar-refractivity contribution is -0.0384. The Balaban J connectivity index is 0.843. The molecule has 11 rings (SSSR count). The summed E-state index contributed by atoms with van der Waals surface area (Å²) >= 11 is 0. The van der Waals surface area contributed by atoms with E-state index in [1.54, 1.807) is 21.8 Å². The van der Waals surface area contributed by atoms with Crippen molar-refractivity contribution in [2.24, 2.45) is 0 Å². The van der Waals surface area contributed by atoms with Crippen LogP contribution in [0.4, 0.5) is 23.5 Å². The van der Waals surface area contributed by atoms with Gasteiger partial charge in [0.05, 0.1) is 25.7 Å². The van der Waals surface area contributed by atoms with Crippen molar-refractivity contribution in [1.29, 1.82) is 0 Å². The largest absolute Gasteiger partial charge is 0.387 e. The summed E-state index contributed by atoms with van der Waals surface area (Å²) in [5.74, 6) is 2.58. The van der Waals surface area contributed by atoms with Gasteiger partial charge in [-0.15, -0.1) is 20.4 Å². The van der Waals surface area contributed by atoms with E-state index >= 15 is 0 Å². The molecule has 5 aliphatic rings. The van der Waals surface area contributed by atoms with E-state index in [1.807, 2.05) is 13.8 Å². The molecule has 28 nitrogen and oxygen atoms in total. The average molecular weight is 971 g/mol. The number of likely N-dealkylation sites (N-methyl/N-ethyl adjacent to an activating group) is 2. The van der Waals surface area contributed by atoms with Crippen LogP contribution in [0.15, 0.2) is 12.7 Å². The highest BCUT2D eigenvalue weighted by atomic mass is 16.6. The number of aliphatic hydroxyl groups excluding tert-OH is 4. The van der Waals surface area contributed by atoms with Gasteiger partial charge in [0.15, 0.2) is 58.6 Å². The van der Waals surface area contributed by atoms with Crippen molar-refractivity contribution in [2.75, 3.05) is 74.8 Å². The fraction of sp³-hybridized carbons (Fsp3) is 0.714. The van der Waals surface area contributed by atoms with Gasteiger partial charge in [-0.2, -0.15) is 29.5 Å². The summed E-state index contributed by atoms with van der Waals surface area (Å²) in [5, 5.41) is 77.3. The molecule has 1 saturated carbocycles. The summed E-state index contributed by atoms with van der Waals surface area (Å²) in [5.41, 5.74) is 1.94. The lowest BCUT2D eigenvalue weighted by atomic mass is 9.91. The van der Waals surface area contributed by atoms with Gasteiger partial charge in [-0.3, -0.25) is 9.13 Å². The first-order chi connectivity index (χ1) is 33.8. The average Bonchev–Trinajstić information content (AvgIpc) is 4.22. The van der Waals surface area contributed by atoms with Crippen LogP contribution >= 0.6 is 0 Å². The topological polar surface area (TPSA) is 311 Å². The molecule has 6 aromatic heterocycles. The minimum Gasteiger partial charge on any atom is -0.387 e. The number of nitrogens with one attached hydrogen (secondary N) is 2. The lowest BCUT2D eigenvalue weighted by Gasteiger charge is -2.31. The Labute approximate surface area is 402 Å². The third kappa shape index (κ3) is 8.41. The molecule has 4 aliphatic heterocycles. The van der Waals surface area contributed by atoms with Crippen LogP contribution in [0.2, 0.25) is 0 Å². The van der Waals surface area contributed by atoms with Crippen LogP contribution in [0.1, 0.15) is 88.7 Å². The van der Waals surface area contributed by atoms with Gasteiger partial charge in [-0.25, -0.2) is 9.97 Å². The molecule has 28 heteroatoms. The molecule has 0 spiro atoms. The van der Waals surface area contributed by atoms with Gasteiger partial charge < -0.3 is 60.1 Å². The van der Waals surface area contributed by atoms with Crippen LogP contribution in [0.25, 0.3) is 22.3 Å². The molecule has 1 aliphatic carbocycles. The van der Waals surface area contributed by atoms with Crippen LogP contribution in [0, 0.1) is 0 Å². The predicted molar refractivity (Wildman–Crippen MR) is 249 cm³/mol. The number of fused-ring (bicyclic) bond motifs is 2. The van der Waals surface area contributed by atoms with Gasteiger partial charge in [0, 0.05) is 50.3 Å². The smallest absolute Gasteiger partial charge is 0.229 e. The number of aryl methyl sites for hydroxylation is 2. The van der Waals surface area contributed by atoms with Gasteiger partial charge in [0.25, 0.3) is 0 Å². The molecule has 6 aromatic rings. The molecular weight excluding hydrogens is 909 g/mol. The Bertz CT molecular complexity index is 2600. The first-order valence-electron chi connectivity index (χ1n) is 24.3. The molecule has 6 N–H and O–H groups in total. The third-order valence-electron chi connectivity index (χ3n) is 14.6. The number of hydrogen-bond acceptors (Lipinski definition) is 24. The quantitative estimate of drug-likeness (QED) is 0.0769. The second-order valence-electron chi connectivity index (χ2n) is 19.5. The molecule has 0 amide bonds. The van der Waals surface area contributed by atoms with Crippen LogP contribution in [-0.4, -0.2) is 213 Å². The van der Waals surface area contributed by atoms with Gasteiger partial charge in [0.1, 0.15) is 24.4 Å². The van der Waals surface area contributed by atoms with Crippen LogP contribution in [0.3, 0.4) is 0 Å². The SMILES string of the molecule is CCn1nnc([C@H]2O[C@@H](n3cnc4c(NC5CCC(Nc6nc(N7CC[C@@H](N(C)C)C7)nc7c6ncn7[C@@H]6O[C@H](c7nnn(CC)n7)[C@@H](O)[C@H]6O)CC5)nc(N5CC[C@@H](N(C)C)C5)nc43)[C@H](O)[C@@H]2O)n1. The highest BCUT2D eigenvalue weighted by molar-refractivity contribution is 5.85.